The van der Waals surface area contributed by atoms with E-state index in [1.807, 2.05) is 0 Å². The summed E-state index contributed by atoms with van der Waals surface area (Å²) in [6, 6.07) is 0.0626. The largest absolute Gasteiger partial charge is 0.391 e. The molecular weight excluding hydrogens is 331 g/mol. The number of alkyl halides is 3. The molecule has 0 bridgehead atoms. The lowest BCUT2D eigenvalue weighted by Gasteiger charge is -2.31. The summed E-state index contributed by atoms with van der Waals surface area (Å²) in [6.07, 6.45) is 5.20. The zero-order valence-electron chi connectivity index (χ0n) is 15.2. The van der Waals surface area contributed by atoms with Crippen molar-refractivity contribution >= 4 is 5.96 Å². The number of hydrogen-bond acceptors (Lipinski definition) is 2. The Morgan fingerprint density at radius 3 is 2.20 bits per heavy atom. The van der Waals surface area contributed by atoms with E-state index in [9.17, 15) is 13.2 Å². The maximum atomic E-state index is 12.7. The van der Waals surface area contributed by atoms with Gasteiger partial charge in [0.2, 0.25) is 0 Å². The monoisotopic (exact) mass is 363 g/mol. The first-order valence-electron chi connectivity index (χ1n) is 9.64. The van der Waals surface area contributed by atoms with Crippen LogP contribution in [0.5, 0.6) is 0 Å². The quantitative estimate of drug-likeness (QED) is 0.336. The number of nitrogens with one attached hydrogen (secondary N) is 2. The van der Waals surface area contributed by atoms with Gasteiger partial charge in [-0.2, -0.15) is 13.2 Å². The van der Waals surface area contributed by atoms with Crippen LogP contribution in [0.2, 0.25) is 0 Å². The lowest BCUT2D eigenvalue weighted by atomic mass is 9.85. The number of rotatable bonds is 5. The SMILES string of the molecule is CN=C(NCCOC1CCCCCC1)NC1CCC(C(F)(F)F)CC1. The molecule has 25 heavy (non-hydrogen) atoms. The molecule has 7 heteroatoms. The van der Waals surface area contributed by atoms with Gasteiger partial charge in [0.15, 0.2) is 5.96 Å². The smallest absolute Gasteiger partial charge is 0.376 e. The highest BCUT2D eigenvalue weighted by Gasteiger charge is 2.41. The van der Waals surface area contributed by atoms with Gasteiger partial charge in [-0.05, 0) is 38.5 Å². The fourth-order valence-corrected chi connectivity index (χ4v) is 3.76. The third-order valence-electron chi connectivity index (χ3n) is 5.30. The fraction of sp³-hybridized carbons (Fsp3) is 0.944. The molecule has 2 saturated carbocycles. The molecule has 0 amide bonds. The van der Waals surface area contributed by atoms with Crippen LogP contribution < -0.4 is 10.6 Å². The van der Waals surface area contributed by atoms with Gasteiger partial charge < -0.3 is 15.4 Å². The molecule has 2 fully saturated rings. The Bertz CT molecular complexity index is 399. The summed E-state index contributed by atoms with van der Waals surface area (Å²) in [4.78, 5) is 4.17. The number of hydrogen-bond donors (Lipinski definition) is 2. The summed E-state index contributed by atoms with van der Waals surface area (Å²) in [5.74, 6) is -0.492. The van der Waals surface area contributed by atoms with Gasteiger partial charge in [0.25, 0.3) is 0 Å². The summed E-state index contributed by atoms with van der Waals surface area (Å²) in [5, 5.41) is 6.45. The molecule has 0 aliphatic heterocycles. The highest BCUT2D eigenvalue weighted by Crippen LogP contribution is 2.37. The standard InChI is InChI=1S/C18H32F3N3O/c1-22-17(23-12-13-25-16-6-4-2-3-5-7-16)24-15-10-8-14(9-11-15)18(19,20)21/h14-16H,2-13H2,1H3,(H2,22,23,24). The van der Waals surface area contributed by atoms with Gasteiger partial charge in [0.1, 0.15) is 0 Å². The summed E-state index contributed by atoms with van der Waals surface area (Å²) >= 11 is 0. The van der Waals surface area contributed by atoms with Gasteiger partial charge in [0, 0.05) is 19.6 Å². The van der Waals surface area contributed by atoms with E-state index in [0.717, 1.165) is 12.8 Å². The Morgan fingerprint density at radius 1 is 1.00 bits per heavy atom. The van der Waals surface area contributed by atoms with E-state index in [1.165, 1.54) is 25.7 Å². The van der Waals surface area contributed by atoms with Crippen LogP contribution in [-0.4, -0.2) is 44.5 Å². The van der Waals surface area contributed by atoms with Gasteiger partial charge in [-0.25, -0.2) is 0 Å². The first-order valence-corrected chi connectivity index (χ1v) is 9.64. The zero-order valence-corrected chi connectivity index (χ0v) is 15.2. The van der Waals surface area contributed by atoms with Crippen molar-refractivity contribution in [2.75, 3.05) is 20.2 Å². The van der Waals surface area contributed by atoms with Crippen LogP contribution in [0.15, 0.2) is 4.99 Å². The minimum Gasteiger partial charge on any atom is -0.376 e. The number of aliphatic imine (C=N–C) groups is 1. The molecule has 0 radical (unpaired) electrons. The molecule has 0 spiro atoms. The molecule has 0 atom stereocenters. The second kappa shape index (κ2) is 10.2. The molecular formula is C18H32F3N3O. The second-order valence-corrected chi connectivity index (χ2v) is 7.22. The molecule has 146 valence electrons. The van der Waals surface area contributed by atoms with Crippen molar-refractivity contribution in [3.63, 3.8) is 0 Å². The maximum absolute atomic E-state index is 12.7. The predicted octanol–water partition coefficient (Wildman–Crippen LogP) is 4.01. The lowest BCUT2D eigenvalue weighted by Crippen LogP contribution is -2.46. The van der Waals surface area contributed by atoms with Gasteiger partial charge in [-0.15, -0.1) is 0 Å². The van der Waals surface area contributed by atoms with Crippen LogP contribution in [0.3, 0.4) is 0 Å². The third kappa shape index (κ3) is 7.42. The van der Waals surface area contributed by atoms with E-state index in [4.69, 9.17) is 4.74 Å². The van der Waals surface area contributed by atoms with Crippen LogP contribution in [0.4, 0.5) is 13.2 Å². The second-order valence-electron chi connectivity index (χ2n) is 7.22. The van der Waals surface area contributed by atoms with Crippen LogP contribution in [0.25, 0.3) is 0 Å². The van der Waals surface area contributed by atoms with E-state index >= 15 is 0 Å². The molecule has 0 unspecified atom stereocenters. The molecule has 0 aromatic rings. The predicted molar refractivity (Wildman–Crippen MR) is 93.7 cm³/mol. The zero-order chi connectivity index (χ0) is 18.1. The fourth-order valence-electron chi connectivity index (χ4n) is 3.76. The van der Waals surface area contributed by atoms with Crippen molar-refractivity contribution in [1.29, 1.82) is 0 Å². The van der Waals surface area contributed by atoms with E-state index in [0.29, 0.717) is 38.1 Å². The summed E-state index contributed by atoms with van der Waals surface area (Å²) in [7, 11) is 1.68. The van der Waals surface area contributed by atoms with Gasteiger partial charge in [-0.3, -0.25) is 4.99 Å². The Kier molecular flexibility index (Phi) is 8.33. The normalized spacial score (nSPS) is 27.0. The lowest BCUT2D eigenvalue weighted by molar-refractivity contribution is -0.182. The van der Waals surface area contributed by atoms with Crippen LogP contribution in [0.1, 0.15) is 64.2 Å². The first-order chi connectivity index (χ1) is 12.0. The maximum Gasteiger partial charge on any atom is 0.391 e. The van der Waals surface area contributed by atoms with Crippen molar-refractivity contribution in [3.05, 3.63) is 0 Å². The minimum atomic E-state index is -4.06. The van der Waals surface area contributed by atoms with Crippen molar-refractivity contribution in [2.24, 2.45) is 10.9 Å². The highest BCUT2D eigenvalue weighted by atomic mass is 19.4. The Morgan fingerprint density at radius 2 is 1.64 bits per heavy atom. The van der Waals surface area contributed by atoms with Gasteiger partial charge in [-0.1, -0.05) is 25.7 Å². The molecule has 0 aromatic carbocycles. The first kappa shape index (κ1) is 20.3. The highest BCUT2D eigenvalue weighted by molar-refractivity contribution is 5.79. The van der Waals surface area contributed by atoms with E-state index in [2.05, 4.69) is 15.6 Å². The molecule has 0 heterocycles. The number of guanidine groups is 1. The average molecular weight is 363 g/mol. The van der Waals surface area contributed by atoms with Gasteiger partial charge in [0.05, 0.1) is 18.6 Å². The third-order valence-corrected chi connectivity index (χ3v) is 5.30. The molecule has 2 N–H and O–H groups in total. The molecule has 2 rings (SSSR count). The van der Waals surface area contributed by atoms with E-state index in [-0.39, 0.29) is 18.9 Å². The Balaban J connectivity index is 1.61. The average Bonchev–Trinajstić information content (AvgIpc) is 2.86. The van der Waals surface area contributed by atoms with Crippen molar-refractivity contribution in [1.82, 2.24) is 10.6 Å². The summed E-state index contributed by atoms with van der Waals surface area (Å²) < 4.78 is 44.1. The topological polar surface area (TPSA) is 45.7 Å². The Labute approximate surface area is 149 Å². The van der Waals surface area contributed by atoms with Crippen molar-refractivity contribution < 1.29 is 17.9 Å². The van der Waals surface area contributed by atoms with Gasteiger partial charge >= 0.3 is 6.18 Å². The van der Waals surface area contributed by atoms with Crippen LogP contribution in [-0.2, 0) is 4.74 Å². The molecule has 0 aromatic heterocycles. The number of halogens is 3. The molecule has 2 aliphatic rings. The summed E-state index contributed by atoms with van der Waals surface area (Å²) in [5.41, 5.74) is 0. The Hall–Kier alpha value is -0.980. The molecule has 4 nitrogen and oxygen atoms in total. The minimum absolute atomic E-state index is 0.0626. The van der Waals surface area contributed by atoms with Crippen molar-refractivity contribution in [3.8, 4) is 0 Å². The van der Waals surface area contributed by atoms with E-state index in [1.54, 1.807) is 7.05 Å². The number of ether oxygens (including phenoxy) is 1. The van der Waals surface area contributed by atoms with Crippen molar-refractivity contribution in [2.45, 2.75) is 82.5 Å². The van der Waals surface area contributed by atoms with Crippen LogP contribution >= 0.6 is 0 Å². The molecule has 2 aliphatic carbocycles. The van der Waals surface area contributed by atoms with Crippen LogP contribution in [0, 0.1) is 5.92 Å². The van der Waals surface area contributed by atoms with E-state index < -0.39 is 12.1 Å². The molecule has 0 saturated heterocycles. The number of nitrogens with zero attached hydrogens (tertiary/aromatic N) is 1. The summed E-state index contributed by atoms with van der Waals surface area (Å²) in [6.45, 7) is 1.29.